The van der Waals surface area contributed by atoms with Gasteiger partial charge in [0.25, 0.3) is 0 Å². The van der Waals surface area contributed by atoms with Crippen molar-refractivity contribution in [2.24, 2.45) is 17.3 Å². The quantitative estimate of drug-likeness (QED) is 0.526. The van der Waals surface area contributed by atoms with Gasteiger partial charge in [0.05, 0.1) is 5.56 Å². The van der Waals surface area contributed by atoms with Gasteiger partial charge in [-0.05, 0) is 49.7 Å². The number of carbonyl (C=O) groups is 1. The smallest absolute Gasteiger partial charge is 0.338 e. The largest absolute Gasteiger partial charge is 0.458 e. The first-order valence-electron chi connectivity index (χ1n) is 8.98. The van der Waals surface area contributed by atoms with Crippen molar-refractivity contribution in [3.8, 4) is 0 Å². The number of allylic oxidation sites excluding steroid dienone is 2. The number of esters is 1. The van der Waals surface area contributed by atoms with Crippen LogP contribution in [-0.4, -0.2) is 12.1 Å². The number of hydrogen-bond acceptors (Lipinski definition) is 2. The second-order valence-electron chi connectivity index (χ2n) is 8.09. The first-order valence-corrected chi connectivity index (χ1v) is 8.98. The molecule has 24 heavy (non-hydrogen) atoms. The Kier molecular flexibility index (Phi) is 4.67. The Hall–Kier alpha value is -1.83. The summed E-state index contributed by atoms with van der Waals surface area (Å²) in [5.74, 6) is 0.631. The molecule has 0 unspecified atom stereocenters. The molecule has 0 spiro atoms. The van der Waals surface area contributed by atoms with Gasteiger partial charge >= 0.3 is 5.97 Å². The van der Waals surface area contributed by atoms with Gasteiger partial charge in [0, 0.05) is 12.3 Å². The van der Waals surface area contributed by atoms with Gasteiger partial charge in [0.15, 0.2) is 0 Å². The molecule has 0 heterocycles. The van der Waals surface area contributed by atoms with Gasteiger partial charge in [0.1, 0.15) is 6.10 Å². The van der Waals surface area contributed by atoms with Crippen LogP contribution in [0, 0.1) is 17.3 Å². The summed E-state index contributed by atoms with van der Waals surface area (Å²) < 4.78 is 6.04. The van der Waals surface area contributed by atoms with E-state index in [0.717, 1.165) is 25.7 Å². The van der Waals surface area contributed by atoms with Gasteiger partial charge in [-0.2, -0.15) is 0 Å². The average Bonchev–Trinajstić information content (AvgIpc) is 2.57. The monoisotopic (exact) mass is 324 g/mol. The molecule has 1 aromatic rings. The van der Waals surface area contributed by atoms with Gasteiger partial charge in [-0.1, -0.05) is 55.8 Å². The van der Waals surface area contributed by atoms with E-state index < -0.39 is 0 Å². The molecule has 2 heteroatoms. The molecule has 2 aliphatic rings. The van der Waals surface area contributed by atoms with Gasteiger partial charge in [-0.3, -0.25) is 0 Å². The lowest BCUT2D eigenvalue weighted by molar-refractivity contribution is -0.0879. The minimum atomic E-state index is -0.209. The Morgan fingerprint density at radius 2 is 1.96 bits per heavy atom. The van der Waals surface area contributed by atoms with E-state index in [1.54, 1.807) is 0 Å². The van der Waals surface area contributed by atoms with Gasteiger partial charge < -0.3 is 4.74 Å². The summed E-state index contributed by atoms with van der Waals surface area (Å²) in [4.78, 5) is 12.6. The molecule has 3 atom stereocenters. The molecule has 0 N–H and O–H groups in total. The van der Waals surface area contributed by atoms with Crippen LogP contribution in [0.25, 0.3) is 0 Å². The van der Waals surface area contributed by atoms with Crippen LogP contribution in [0.1, 0.15) is 56.8 Å². The maximum Gasteiger partial charge on any atom is 0.338 e. The van der Waals surface area contributed by atoms with E-state index in [4.69, 9.17) is 4.74 Å². The minimum absolute atomic E-state index is 0.0717. The molecule has 1 fully saturated rings. The van der Waals surface area contributed by atoms with Crippen LogP contribution in [0.4, 0.5) is 0 Å². The van der Waals surface area contributed by atoms with Crippen LogP contribution < -0.4 is 0 Å². The second kappa shape index (κ2) is 6.58. The summed E-state index contributed by atoms with van der Waals surface area (Å²) in [6.07, 6.45) is 6.29. The highest BCUT2D eigenvalue weighted by Gasteiger charge is 2.53. The van der Waals surface area contributed by atoms with Crippen LogP contribution in [0.3, 0.4) is 0 Å². The molecular weight excluding hydrogens is 296 g/mol. The summed E-state index contributed by atoms with van der Waals surface area (Å²) >= 11 is 0. The van der Waals surface area contributed by atoms with Gasteiger partial charge in [-0.25, -0.2) is 4.79 Å². The standard InChI is InChI=1S/C22H28O2/c1-15-9-8-10-16(2)18-14-22(3,4)20(18)19(13-15)24-21(23)17-11-6-5-7-12-17/h5-7,9,11-12,18-20H,2,8,10,13-14H2,1,3-4H3/b15-9+/t18-,19-,20-/m0/s1. The molecule has 0 aliphatic heterocycles. The zero-order valence-corrected chi connectivity index (χ0v) is 15.0. The van der Waals surface area contributed by atoms with Crippen molar-refractivity contribution in [2.45, 2.75) is 52.6 Å². The first-order chi connectivity index (χ1) is 11.4. The Balaban J connectivity index is 1.86. The van der Waals surface area contributed by atoms with E-state index >= 15 is 0 Å². The molecule has 0 bridgehead atoms. The van der Waals surface area contributed by atoms with E-state index in [-0.39, 0.29) is 17.5 Å². The second-order valence-corrected chi connectivity index (χ2v) is 8.09. The lowest BCUT2D eigenvalue weighted by atomic mass is 9.51. The number of rotatable bonds is 2. The summed E-state index contributed by atoms with van der Waals surface area (Å²) in [5, 5.41) is 0. The maximum atomic E-state index is 12.6. The Bertz CT molecular complexity index is 654. The minimum Gasteiger partial charge on any atom is -0.458 e. The van der Waals surface area contributed by atoms with Crippen LogP contribution in [0.5, 0.6) is 0 Å². The van der Waals surface area contributed by atoms with Crippen molar-refractivity contribution < 1.29 is 9.53 Å². The molecule has 1 aromatic carbocycles. The molecular formula is C22H28O2. The molecule has 0 saturated heterocycles. The van der Waals surface area contributed by atoms with Crippen LogP contribution in [0.2, 0.25) is 0 Å². The van der Waals surface area contributed by atoms with Crippen LogP contribution >= 0.6 is 0 Å². The van der Waals surface area contributed by atoms with Crippen molar-refractivity contribution in [2.75, 3.05) is 0 Å². The predicted molar refractivity (Wildman–Crippen MR) is 97.8 cm³/mol. The molecule has 3 rings (SSSR count). The summed E-state index contributed by atoms with van der Waals surface area (Å²) in [6, 6.07) is 9.31. The van der Waals surface area contributed by atoms with E-state index in [0.29, 0.717) is 17.4 Å². The predicted octanol–water partition coefficient (Wildman–Crippen LogP) is 5.56. The fraction of sp³-hybridized carbons (Fsp3) is 0.500. The van der Waals surface area contributed by atoms with E-state index in [1.165, 1.54) is 11.1 Å². The fourth-order valence-corrected chi connectivity index (χ4v) is 4.49. The highest BCUT2D eigenvalue weighted by molar-refractivity contribution is 5.89. The third-order valence-electron chi connectivity index (χ3n) is 5.76. The maximum absolute atomic E-state index is 12.6. The van der Waals surface area contributed by atoms with E-state index in [9.17, 15) is 4.79 Å². The fourth-order valence-electron chi connectivity index (χ4n) is 4.49. The molecule has 2 nitrogen and oxygen atoms in total. The Morgan fingerprint density at radius 1 is 1.25 bits per heavy atom. The van der Waals surface area contributed by atoms with Crippen molar-refractivity contribution in [1.82, 2.24) is 0 Å². The van der Waals surface area contributed by atoms with Crippen molar-refractivity contribution in [3.63, 3.8) is 0 Å². The molecule has 0 radical (unpaired) electrons. The summed E-state index contributed by atoms with van der Waals surface area (Å²) in [6.45, 7) is 11.1. The van der Waals surface area contributed by atoms with Crippen molar-refractivity contribution in [1.29, 1.82) is 0 Å². The molecule has 0 aromatic heterocycles. The van der Waals surface area contributed by atoms with Crippen molar-refractivity contribution in [3.05, 3.63) is 59.7 Å². The molecule has 1 saturated carbocycles. The highest BCUT2D eigenvalue weighted by atomic mass is 16.5. The molecule has 0 amide bonds. The van der Waals surface area contributed by atoms with E-state index in [2.05, 4.69) is 33.4 Å². The first kappa shape index (κ1) is 17.0. The average molecular weight is 324 g/mol. The van der Waals surface area contributed by atoms with Gasteiger partial charge in [0.2, 0.25) is 0 Å². The molecule has 2 aliphatic carbocycles. The normalized spacial score (nSPS) is 31.4. The van der Waals surface area contributed by atoms with Crippen molar-refractivity contribution >= 4 is 5.97 Å². The topological polar surface area (TPSA) is 26.3 Å². The van der Waals surface area contributed by atoms with E-state index in [1.807, 2.05) is 30.3 Å². The number of hydrogen-bond donors (Lipinski definition) is 0. The van der Waals surface area contributed by atoms with Crippen LogP contribution in [-0.2, 0) is 4.74 Å². The zero-order valence-electron chi connectivity index (χ0n) is 15.0. The SMILES string of the molecule is C=C1CC/C=C(\C)C[C@H](OC(=O)c2ccccc2)[C@@H]2[C@H]1CC2(C)C. The number of carbonyl (C=O) groups excluding carboxylic acids is 1. The van der Waals surface area contributed by atoms with Crippen LogP contribution in [0.15, 0.2) is 54.1 Å². The highest BCUT2D eigenvalue weighted by Crippen LogP contribution is 2.57. The summed E-state index contributed by atoms with van der Waals surface area (Å²) in [5.41, 5.74) is 3.47. The number of benzene rings is 1. The lowest BCUT2D eigenvalue weighted by Crippen LogP contribution is -2.52. The summed E-state index contributed by atoms with van der Waals surface area (Å²) in [7, 11) is 0. The Labute approximate surface area is 145 Å². The third kappa shape index (κ3) is 3.33. The zero-order chi connectivity index (χ0) is 17.3. The Morgan fingerprint density at radius 3 is 2.62 bits per heavy atom. The number of ether oxygens (including phenoxy) is 1. The third-order valence-corrected chi connectivity index (χ3v) is 5.76. The number of fused-ring (bicyclic) bond motifs is 1. The lowest BCUT2D eigenvalue weighted by Gasteiger charge is -2.55. The van der Waals surface area contributed by atoms with Gasteiger partial charge in [-0.15, -0.1) is 0 Å². The molecule has 128 valence electrons.